The zero-order valence-corrected chi connectivity index (χ0v) is 46.2. The Bertz CT molecular complexity index is 5800. The molecule has 0 spiro atoms. The van der Waals surface area contributed by atoms with Crippen molar-refractivity contribution in [2.45, 2.75) is 0 Å². The largest absolute Gasteiger partial charge is 0.306 e. The normalized spacial score (nSPS) is 12.2. The summed E-state index contributed by atoms with van der Waals surface area (Å²) >= 11 is 1.79. The first kappa shape index (κ1) is 46.2. The molecule has 6 nitrogen and oxygen atoms in total. The summed E-state index contributed by atoms with van der Waals surface area (Å²) in [5, 5.41) is 38.7. The number of hydrogen-bond donors (Lipinski definition) is 0. The van der Waals surface area contributed by atoms with Crippen LogP contribution in [-0.4, -0.2) is 18.3 Å². The molecule has 390 valence electrons. The predicted octanol–water partition coefficient (Wildman–Crippen LogP) is 20.7. The van der Waals surface area contributed by atoms with E-state index in [4.69, 9.17) is 0 Å². The lowest BCUT2D eigenvalue weighted by Gasteiger charge is -2.27. The minimum Gasteiger partial charge on any atom is -0.306 e. The molecule has 0 aliphatic heterocycles. The Hall–Kier alpha value is -11.5. The van der Waals surface area contributed by atoms with E-state index >= 15 is 0 Å². The van der Waals surface area contributed by atoms with Crippen LogP contribution in [0.2, 0.25) is 0 Å². The molecule has 0 N–H and O–H groups in total. The molecule has 0 radical (unpaired) electrons. The van der Waals surface area contributed by atoms with Crippen molar-refractivity contribution in [1.29, 1.82) is 10.5 Å². The fourth-order valence-electron chi connectivity index (χ4n) is 15.0. The van der Waals surface area contributed by atoms with Crippen molar-refractivity contribution in [3.63, 3.8) is 0 Å². The molecule has 0 unspecified atom stereocenters. The lowest BCUT2D eigenvalue weighted by atomic mass is 9.93. The molecular weight excluding hydrogens is 1050 g/mol. The highest BCUT2D eigenvalue weighted by atomic mass is 32.1. The van der Waals surface area contributed by atoms with Crippen LogP contribution in [-0.2, 0) is 0 Å². The average molecular weight is 1100 g/mol. The van der Waals surface area contributed by atoms with Crippen LogP contribution in [0, 0.1) is 22.7 Å². The fraction of sp³-hybridized carbons (Fsp3) is 0. The maximum atomic E-state index is 12.7. The number of para-hydroxylation sites is 6. The maximum Gasteiger partial charge on any atom is 0.104 e. The molecule has 18 aromatic rings. The molecule has 1 aliphatic carbocycles. The highest BCUT2D eigenvalue weighted by molar-refractivity contribution is 7.26. The van der Waals surface area contributed by atoms with Crippen LogP contribution in [0.4, 0.5) is 0 Å². The summed E-state index contributed by atoms with van der Waals surface area (Å²) in [4.78, 5) is 0. The number of benzene rings is 13. The van der Waals surface area contributed by atoms with Crippen LogP contribution >= 0.6 is 11.3 Å². The minimum absolute atomic E-state index is 0.373. The average Bonchev–Trinajstić information content (AvgIpc) is 1.70. The zero-order valence-electron chi connectivity index (χ0n) is 45.3. The van der Waals surface area contributed by atoms with E-state index in [1.54, 1.807) is 11.3 Å². The van der Waals surface area contributed by atoms with Gasteiger partial charge >= 0.3 is 0 Å². The van der Waals surface area contributed by atoms with Crippen LogP contribution in [0.15, 0.2) is 255 Å². The van der Waals surface area contributed by atoms with Crippen molar-refractivity contribution in [3.05, 3.63) is 266 Å². The van der Waals surface area contributed by atoms with Crippen molar-refractivity contribution in [3.8, 4) is 68.3 Å². The number of nitrogens with zero attached hydrogens (tertiary/aromatic N) is 6. The van der Waals surface area contributed by atoms with Crippen molar-refractivity contribution in [1.82, 2.24) is 18.3 Å². The summed E-state index contributed by atoms with van der Waals surface area (Å²) < 4.78 is 11.6. The van der Waals surface area contributed by atoms with Crippen molar-refractivity contribution in [2.75, 3.05) is 0 Å². The Morgan fingerprint density at radius 3 is 1.19 bits per heavy atom. The van der Waals surface area contributed by atoms with Gasteiger partial charge in [0, 0.05) is 58.6 Å². The van der Waals surface area contributed by atoms with Gasteiger partial charge in [-0.1, -0.05) is 200 Å². The summed E-state index contributed by atoms with van der Waals surface area (Å²) in [6, 6.07) is 97.3. The first-order valence-corrected chi connectivity index (χ1v) is 29.5. The van der Waals surface area contributed by atoms with Gasteiger partial charge in [-0.3, -0.25) is 0 Å². The molecule has 19 rings (SSSR count). The molecule has 5 aromatic heterocycles. The van der Waals surface area contributed by atoms with Crippen molar-refractivity contribution < 1.29 is 0 Å². The molecule has 5 heterocycles. The number of rotatable bonds is 5. The Morgan fingerprint density at radius 1 is 0.271 bits per heavy atom. The molecule has 7 heteroatoms. The second-order valence-corrected chi connectivity index (χ2v) is 23.5. The molecular formula is C78H42N6S. The first-order valence-electron chi connectivity index (χ1n) is 28.7. The summed E-state index contributed by atoms with van der Waals surface area (Å²) in [7, 11) is 0. The lowest BCUT2D eigenvalue weighted by molar-refractivity contribution is 1.02. The molecule has 0 saturated carbocycles. The van der Waals surface area contributed by atoms with E-state index in [1.807, 2.05) is 0 Å². The third-order valence-electron chi connectivity index (χ3n) is 18.4. The van der Waals surface area contributed by atoms with Crippen LogP contribution < -0.4 is 0 Å². The molecule has 0 atom stereocenters. The van der Waals surface area contributed by atoms with Crippen molar-refractivity contribution >= 4 is 130 Å². The van der Waals surface area contributed by atoms with Gasteiger partial charge < -0.3 is 18.3 Å². The molecule has 1 aliphatic rings. The molecule has 85 heavy (non-hydrogen) atoms. The standard InChI is InChI=1S/C78H42N6S/c79-43-62-73(81-64-29-10-3-20-49(64)50-21-4-11-30-65(50)81)63(44-80)75(83-68-33-14-7-24-53(68)54-25-8-15-34-69(54)83)77(74(62)82-66-31-12-5-22-51(66)52-23-6-13-32-67(52)82)84-70-41-36-45(42-61(70)59-39-40-60-55-26-9-16-35-71(55)85-78(60)76(59)84)46-37-38-58-48-19-2-1-18-47(48)57-28-17-27-56(46)72(57)58/h1-42H. The number of thiophene rings is 1. The quantitative estimate of drug-likeness (QED) is 0.172. The number of nitriles is 2. The first-order chi connectivity index (χ1) is 42.2. The van der Waals surface area contributed by atoms with Crippen LogP contribution in [0.3, 0.4) is 0 Å². The van der Waals surface area contributed by atoms with Crippen molar-refractivity contribution in [2.24, 2.45) is 0 Å². The zero-order chi connectivity index (χ0) is 55.8. The van der Waals surface area contributed by atoms with E-state index < -0.39 is 0 Å². The number of fused-ring (bicyclic) bond motifs is 19. The Morgan fingerprint density at radius 2 is 0.671 bits per heavy atom. The SMILES string of the molecule is N#Cc1c(-n2c3ccccc3c3ccccc32)c(C#N)c(-n2c3ccccc3c3ccccc32)c(-n2c3ccc(-c4ccc5c6c(cccc46)-c4ccccc4-5)cc3c3ccc4c5ccccc5sc4c32)c1-n1c2ccccc2c2ccccc21. The smallest absolute Gasteiger partial charge is 0.104 e. The summed E-state index contributed by atoms with van der Waals surface area (Å²) in [5.74, 6) is 0. The van der Waals surface area contributed by atoms with Gasteiger partial charge in [-0.05, 0) is 98.8 Å². The van der Waals surface area contributed by atoms with E-state index in [-0.39, 0.29) is 0 Å². The van der Waals surface area contributed by atoms with Gasteiger partial charge in [-0.25, -0.2) is 0 Å². The van der Waals surface area contributed by atoms with Gasteiger partial charge in [0.2, 0.25) is 0 Å². The fourth-order valence-corrected chi connectivity index (χ4v) is 16.3. The monoisotopic (exact) mass is 1090 g/mol. The summed E-state index contributed by atoms with van der Waals surface area (Å²) in [6.07, 6.45) is 0. The third kappa shape index (κ3) is 5.98. The minimum atomic E-state index is 0.373. The van der Waals surface area contributed by atoms with Gasteiger partial charge in [0.05, 0.1) is 71.6 Å². The van der Waals surface area contributed by atoms with Crippen LogP contribution in [0.5, 0.6) is 0 Å². The Balaban J connectivity index is 1.07. The molecule has 0 saturated heterocycles. The van der Waals surface area contributed by atoms with Crippen LogP contribution in [0.1, 0.15) is 11.1 Å². The van der Waals surface area contributed by atoms with E-state index in [1.165, 1.54) is 43.1 Å². The van der Waals surface area contributed by atoms with Gasteiger partial charge in [-0.2, -0.15) is 10.5 Å². The van der Waals surface area contributed by atoms with Gasteiger partial charge in [0.1, 0.15) is 23.3 Å². The molecule has 0 amide bonds. The van der Waals surface area contributed by atoms with Gasteiger partial charge in [-0.15, -0.1) is 11.3 Å². The number of hydrogen-bond acceptors (Lipinski definition) is 3. The second-order valence-electron chi connectivity index (χ2n) is 22.4. The van der Waals surface area contributed by atoms with Gasteiger partial charge in [0.15, 0.2) is 0 Å². The molecule has 0 bridgehead atoms. The van der Waals surface area contributed by atoms with Gasteiger partial charge in [0.25, 0.3) is 0 Å². The molecule has 13 aromatic carbocycles. The summed E-state index contributed by atoms with van der Waals surface area (Å²) in [6.45, 7) is 0. The van der Waals surface area contributed by atoms with E-state index in [0.717, 1.165) is 114 Å². The Labute approximate surface area is 489 Å². The highest BCUT2D eigenvalue weighted by Crippen LogP contribution is 2.53. The van der Waals surface area contributed by atoms with Crippen LogP contribution in [0.25, 0.3) is 174 Å². The highest BCUT2D eigenvalue weighted by Gasteiger charge is 2.35. The Kier molecular flexibility index (Phi) is 9.26. The summed E-state index contributed by atoms with van der Waals surface area (Å²) in [5.41, 5.74) is 18.1. The number of aromatic nitrogens is 4. The topological polar surface area (TPSA) is 67.3 Å². The van der Waals surface area contributed by atoms with E-state index in [9.17, 15) is 10.5 Å². The maximum absolute atomic E-state index is 12.7. The second kappa shape index (κ2) is 17.0. The molecule has 0 fully saturated rings. The van der Waals surface area contributed by atoms with E-state index in [0.29, 0.717) is 28.2 Å². The third-order valence-corrected chi connectivity index (χ3v) is 19.6. The van der Waals surface area contributed by atoms with E-state index in [2.05, 4.69) is 285 Å². The predicted molar refractivity (Wildman–Crippen MR) is 353 cm³/mol. The lowest BCUT2D eigenvalue weighted by Crippen LogP contribution is -2.17.